The van der Waals surface area contributed by atoms with Crippen molar-refractivity contribution in [3.63, 3.8) is 0 Å². The van der Waals surface area contributed by atoms with Crippen LogP contribution in [0.15, 0.2) is 54.6 Å². The van der Waals surface area contributed by atoms with E-state index in [1.807, 2.05) is 30.3 Å². The number of fused-ring (bicyclic) bond motifs is 1. The first-order valence-corrected chi connectivity index (χ1v) is 12.1. The summed E-state index contributed by atoms with van der Waals surface area (Å²) in [6, 6.07) is 17.2. The molecule has 3 aromatic carbocycles. The molecule has 0 radical (unpaired) electrons. The van der Waals surface area contributed by atoms with E-state index in [1.165, 1.54) is 0 Å². The summed E-state index contributed by atoms with van der Waals surface area (Å²) >= 11 is 19.7. The van der Waals surface area contributed by atoms with E-state index >= 15 is 0 Å². The third-order valence-corrected chi connectivity index (χ3v) is 7.06. The first-order valence-electron chi connectivity index (χ1n) is 10.9. The molecule has 170 valence electrons. The number of hydrogen-bond donors (Lipinski definition) is 3. The number of nitrogens with zero attached hydrogens (tertiary/aromatic N) is 1. The zero-order valence-electron chi connectivity index (χ0n) is 17.8. The van der Waals surface area contributed by atoms with E-state index in [0.717, 1.165) is 54.0 Å². The molecule has 3 aromatic rings. The molecule has 3 N–H and O–H groups in total. The summed E-state index contributed by atoms with van der Waals surface area (Å²) < 4.78 is 0. The Hall–Kier alpha value is -2.44. The smallest absolute Gasteiger partial charge is 0.326 e. The average molecular weight is 502 g/mol. The summed E-state index contributed by atoms with van der Waals surface area (Å²) in [5.41, 5.74) is 4.95. The van der Waals surface area contributed by atoms with Gasteiger partial charge in [-0.1, -0.05) is 59.1 Å². The Balaban J connectivity index is 1.70. The molecular weight excluding hydrogens is 479 g/mol. The molecule has 0 spiro atoms. The molecule has 0 unspecified atom stereocenters. The number of piperidine rings is 1. The van der Waals surface area contributed by atoms with Gasteiger partial charge in [-0.05, 0) is 61.8 Å². The van der Waals surface area contributed by atoms with Crippen LogP contribution >= 0.6 is 34.8 Å². The minimum absolute atomic E-state index is 0.276. The fourth-order valence-electron chi connectivity index (χ4n) is 4.52. The van der Waals surface area contributed by atoms with E-state index in [1.54, 1.807) is 23.1 Å². The number of halogens is 3. The number of carbonyl (C=O) groups excluding carboxylic acids is 1. The first-order chi connectivity index (χ1) is 16.0. The largest absolute Gasteiger partial charge is 0.382 e. The van der Waals surface area contributed by atoms with Crippen molar-refractivity contribution in [2.75, 3.05) is 23.3 Å². The maximum absolute atomic E-state index is 13.1. The average Bonchev–Trinajstić information content (AvgIpc) is 2.81. The number of amides is 2. The zero-order valence-corrected chi connectivity index (χ0v) is 20.1. The molecule has 5 nitrogen and oxygen atoms in total. The molecule has 2 aliphatic heterocycles. The Morgan fingerprint density at radius 3 is 2.30 bits per heavy atom. The summed E-state index contributed by atoms with van der Waals surface area (Å²) in [5, 5.41) is 11.5. The van der Waals surface area contributed by atoms with E-state index in [0.29, 0.717) is 33.3 Å². The number of nitrogens with one attached hydrogen (secondary N) is 3. The van der Waals surface area contributed by atoms with E-state index in [2.05, 4.69) is 22.0 Å². The first kappa shape index (κ1) is 22.4. The predicted octanol–water partition coefficient (Wildman–Crippen LogP) is 6.84. The van der Waals surface area contributed by atoms with Crippen LogP contribution in [-0.2, 0) is 6.54 Å². The van der Waals surface area contributed by atoms with Crippen LogP contribution in [-0.4, -0.2) is 25.2 Å². The molecule has 0 aliphatic carbocycles. The van der Waals surface area contributed by atoms with Gasteiger partial charge >= 0.3 is 6.03 Å². The van der Waals surface area contributed by atoms with Gasteiger partial charge in [-0.25, -0.2) is 4.79 Å². The van der Waals surface area contributed by atoms with Gasteiger partial charge in [0.2, 0.25) is 0 Å². The van der Waals surface area contributed by atoms with Gasteiger partial charge < -0.3 is 16.0 Å². The summed E-state index contributed by atoms with van der Waals surface area (Å²) in [6.07, 6.45) is 2.05. The van der Waals surface area contributed by atoms with Crippen LogP contribution in [0.4, 0.5) is 21.9 Å². The van der Waals surface area contributed by atoms with Crippen LogP contribution in [0.3, 0.4) is 0 Å². The summed E-state index contributed by atoms with van der Waals surface area (Å²) in [7, 11) is 0. The molecule has 0 atom stereocenters. The third kappa shape index (κ3) is 4.38. The highest BCUT2D eigenvalue weighted by Crippen LogP contribution is 2.45. The van der Waals surface area contributed by atoms with Crippen LogP contribution < -0.4 is 20.9 Å². The van der Waals surface area contributed by atoms with E-state index < -0.39 is 0 Å². The summed E-state index contributed by atoms with van der Waals surface area (Å²) in [4.78, 5) is 14.7. The fraction of sp³-hybridized carbons (Fsp3) is 0.240. The Labute approximate surface area is 208 Å². The number of para-hydroxylation sites is 1. The highest BCUT2D eigenvalue weighted by atomic mass is 35.5. The second-order valence-electron chi connectivity index (χ2n) is 8.23. The van der Waals surface area contributed by atoms with Crippen molar-refractivity contribution in [2.24, 2.45) is 0 Å². The Morgan fingerprint density at radius 1 is 0.879 bits per heavy atom. The van der Waals surface area contributed by atoms with Crippen LogP contribution in [0.25, 0.3) is 11.1 Å². The molecule has 0 saturated carbocycles. The molecule has 1 saturated heterocycles. The summed E-state index contributed by atoms with van der Waals surface area (Å²) in [6.45, 7) is 2.33. The zero-order chi connectivity index (χ0) is 22.9. The number of rotatable bonds is 4. The van der Waals surface area contributed by atoms with Crippen LogP contribution in [0.1, 0.15) is 18.4 Å². The number of hydrogen-bond acceptors (Lipinski definition) is 3. The van der Waals surface area contributed by atoms with E-state index in [4.69, 9.17) is 34.8 Å². The maximum atomic E-state index is 13.1. The quantitative estimate of drug-likeness (QED) is 0.367. The van der Waals surface area contributed by atoms with Gasteiger partial charge in [-0.15, -0.1) is 0 Å². The number of anilines is 3. The minimum Gasteiger partial charge on any atom is -0.382 e. The second kappa shape index (κ2) is 9.43. The maximum Gasteiger partial charge on any atom is 0.326 e. The lowest BCUT2D eigenvalue weighted by Crippen LogP contribution is -2.42. The monoisotopic (exact) mass is 500 g/mol. The molecule has 2 amide bonds. The Kier molecular flexibility index (Phi) is 6.39. The highest BCUT2D eigenvalue weighted by molar-refractivity contribution is 6.40. The molecule has 2 aliphatic rings. The second-order valence-corrected chi connectivity index (χ2v) is 9.46. The van der Waals surface area contributed by atoms with Crippen molar-refractivity contribution in [3.05, 3.63) is 75.2 Å². The van der Waals surface area contributed by atoms with Gasteiger partial charge in [0.15, 0.2) is 0 Å². The van der Waals surface area contributed by atoms with E-state index in [9.17, 15) is 4.79 Å². The number of urea groups is 1. The lowest BCUT2D eigenvalue weighted by molar-refractivity contribution is 0.247. The number of benzene rings is 3. The number of carbonyl (C=O) groups is 1. The Bertz CT molecular complexity index is 1190. The predicted molar refractivity (Wildman–Crippen MR) is 137 cm³/mol. The highest BCUT2D eigenvalue weighted by Gasteiger charge is 2.31. The van der Waals surface area contributed by atoms with Gasteiger partial charge in [0.1, 0.15) is 0 Å². The van der Waals surface area contributed by atoms with Crippen LogP contribution in [0.2, 0.25) is 15.1 Å². The van der Waals surface area contributed by atoms with Crippen LogP contribution in [0, 0.1) is 0 Å². The molecule has 8 heteroatoms. The molecule has 5 rings (SSSR count). The van der Waals surface area contributed by atoms with Crippen molar-refractivity contribution >= 4 is 57.9 Å². The lowest BCUT2D eigenvalue weighted by atomic mass is 9.94. The SMILES string of the molecule is O=C1NCc2c(-c3ccccc3Cl)cc(NC3CCNCC3)cc2N1c1c(Cl)cccc1Cl. The molecule has 1 fully saturated rings. The van der Waals surface area contributed by atoms with Crippen molar-refractivity contribution in [1.82, 2.24) is 10.6 Å². The lowest BCUT2D eigenvalue weighted by Gasteiger charge is -2.34. The molecule has 0 bridgehead atoms. The third-order valence-electron chi connectivity index (χ3n) is 6.12. The molecule has 33 heavy (non-hydrogen) atoms. The molecule has 2 heterocycles. The van der Waals surface area contributed by atoms with Gasteiger partial charge in [-0.2, -0.15) is 0 Å². The standard InChI is InChI=1S/C25H23Cl3N4O/c26-20-5-2-1-4-17(20)18-12-16(31-15-8-10-29-11-9-15)13-23-19(18)14-30-25(33)32(23)24-21(27)6-3-7-22(24)28/h1-7,12-13,15,29,31H,8-11,14H2,(H,30,33). The van der Waals surface area contributed by atoms with Crippen molar-refractivity contribution in [1.29, 1.82) is 0 Å². The normalized spacial score (nSPS) is 16.3. The molecular formula is C25H23Cl3N4O. The van der Waals surface area contributed by atoms with Gasteiger partial charge in [-0.3, -0.25) is 4.90 Å². The topological polar surface area (TPSA) is 56.4 Å². The van der Waals surface area contributed by atoms with E-state index in [-0.39, 0.29) is 6.03 Å². The minimum atomic E-state index is -0.276. The fourth-order valence-corrected chi connectivity index (χ4v) is 5.33. The Morgan fingerprint density at radius 2 is 1.58 bits per heavy atom. The summed E-state index contributed by atoms with van der Waals surface area (Å²) in [5.74, 6) is 0. The molecule has 0 aromatic heterocycles. The van der Waals surface area contributed by atoms with Crippen molar-refractivity contribution in [2.45, 2.75) is 25.4 Å². The van der Waals surface area contributed by atoms with Gasteiger partial charge in [0.25, 0.3) is 0 Å². The van der Waals surface area contributed by atoms with Gasteiger partial charge in [0, 0.05) is 34.4 Å². The van der Waals surface area contributed by atoms with Crippen molar-refractivity contribution in [3.8, 4) is 11.1 Å². The van der Waals surface area contributed by atoms with Crippen molar-refractivity contribution < 1.29 is 4.79 Å². The van der Waals surface area contributed by atoms with Crippen LogP contribution in [0.5, 0.6) is 0 Å². The van der Waals surface area contributed by atoms with Gasteiger partial charge in [0.05, 0.1) is 21.4 Å².